The molecule has 0 aliphatic carbocycles. The molecule has 0 saturated heterocycles. The summed E-state index contributed by atoms with van der Waals surface area (Å²) in [7, 11) is 0. The van der Waals surface area contributed by atoms with Crippen molar-refractivity contribution in [3.8, 4) is 0 Å². The Labute approximate surface area is 162 Å². The fourth-order valence-corrected chi connectivity index (χ4v) is 3.23. The van der Waals surface area contributed by atoms with Crippen LogP contribution < -0.4 is 5.32 Å². The number of nitrogens with zero attached hydrogens (tertiary/aromatic N) is 1. The van der Waals surface area contributed by atoms with Gasteiger partial charge in [0, 0.05) is 18.9 Å². The first-order valence-corrected chi connectivity index (χ1v) is 11.2. The lowest BCUT2D eigenvalue weighted by Gasteiger charge is -2.04. The second-order valence-corrected chi connectivity index (χ2v) is 7.48. The Morgan fingerprint density at radius 2 is 1.42 bits per heavy atom. The van der Waals surface area contributed by atoms with Crippen molar-refractivity contribution in [1.82, 2.24) is 10.3 Å². The summed E-state index contributed by atoms with van der Waals surface area (Å²) in [6.45, 7) is 4.35. The third kappa shape index (κ3) is 15.1. The average molecular weight is 359 g/mol. The molecule has 0 aliphatic heterocycles. The standard InChI is InChI=1S/C24H42N2/c1-2-3-4-5-6-7-8-9-10-11-12-13-14-15-16-17-20-25-22-24-19-18-21-26-23-24/h9-10,18-19,21,23,25H,2-8,11-17,20,22H2,1H3. The van der Waals surface area contributed by atoms with Gasteiger partial charge in [0.25, 0.3) is 0 Å². The zero-order valence-electron chi connectivity index (χ0n) is 17.2. The molecule has 1 heterocycles. The molecule has 0 unspecified atom stereocenters. The maximum atomic E-state index is 4.14. The molecular weight excluding hydrogens is 316 g/mol. The van der Waals surface area contributed by atoms with E-state index in [1.54, 1.807) is 0 Å². The van der Waals surface area contributed by atoms with Crippen molar-refractivity contribution in [2.24, 2.45) is 0 Å². The predicted molar refractivity (Wildman–Crippen MR) is 115 cm³/mol. The summed E-state index contributed by atoms with van der Waals surface area (Å²) in [5.74, 6) is 0. The van der Waals surface area contributed by atoms with Crippen LogP contribution >= 0.6 is 0 Å². The molecule has 0 amide bonds. The van der Waals surface area contributed by atoms with Gasteiger partial charge in [0.15, 0.2) is 0 Å². The Kier molecular flexibility index (Phi) is 16.4. The van der Waals surface area contributed by atoms with E-state index in [0.29, 0.717) is 0 Å². The zero-order valence-corrected chi connectivity index (χ0v) is 17.2. The molecule has 1 aromatic heterocycles. The lowest BCUT2D eigenvalue weighted by atomic mass is 10.1. The number of hydrogen-bond acceptors (Lipinski definition) is 2. The number of rotatable bonds is 18. The first-order chi connectivity index (χ1) is 12.9. The van der Waals surface area contributed by atoms with Crippen LogP contribution in [0.4, 0.5) is 0 Å². The summed E-state index contributed by atoms with van der Waals surface area (Å²) in [5.41, 5.74) is 1.28. The van der Waals surface area contributed by atoms with Crippen molar-refractivity contribution in [1.29, 1.82) is 0 Å². The normalized spacial score (nSPS) is 11.4. The van der Waals surface area contributed by atoms with Crippen LogP contribution in [0.5, 0.6) is 0 Å². The van der Waals surface area contributed by atoms with Crippen LogP contribution in [0.25, 0.3) is 0 Å². The van der Waals surface area contributed by atoms with E-state index in [9.17, 15) is 0 Å². The Balaban J connectivity index is 1.73. The van der Waals surface area contributed by atoms with Gasteiger partial charge in [0.2, 0.25) is 0 Å². The number of aromatic nitrogens is 1. The van der Waals surface area contributed by atoms with Gasteiger partial charge in [-0.3, -0.25) is 4.98 Å². The van der Waals surface area contributed by atoms with Crippen molar-refractivity contribution in [3.63, 3.8) is 0 Å². The van der Waals surface area contributed by atoms with E-state index in [0.717, 1.165) is 13.1 Å². The highest BCUT2D eigenvalue weighted by Crippen LogP contribution is 2.09. The van der Waals surface area contributed by atoms with Gasteiger partial charge in [-0.25, -0.2) is 0 Å². The van der Waals surface area contributed by atoms with Gasteiger partial charge in [0.05, 0.1) is 0 Å². The van der Waals surface area contributed by atoms with Crippen molar-refractivity contribution < 1.29 is 0 Å². The smallest absolute Gasteiger partial charge is 0.0312 e. The molecule has 2 heteroatoms. The Hall–Kier alpha value is -1.15. The SMILES string of the molecule is CCCCCCCCC=CCCCCCCCCNCc1cccnc1. The highest BCUT2D eigenvalue weighted by atomic mass is 14.8. The number of unbranched alkanes of at least 4 members (excludes halogenated alkanes) is 12. The zero-order chi connectivity index (χ0) is 18.5. The van der Waals surface area contributed by atoms with E-state index in [1.807, 2.05) is 18.5 Å². The molecule has 26 heavy (non-hydrogen) atoms. The third-order valence-corrected chi connectivity index (χ3v) is 4.92. The molecule has 0 fully saturated rings. The van der Waals surface area contributed by atoms with Crippen LogP contribution in [0, 0.1) is 0 Å². The van der Waals surface area contributed by atoms with Crippen molar-refractivity contribution >= 4 is 0 Å². The highest BCUT2D eigenvalue weighted by Gasteiger charge is 1.93. The molecule has 1 rings (SSSR count). The summed E-state index contributed by atoms with van der Waals surface area (Å²) in [4.78, 5) is 4.14. The van der Waals surface area contributed by atoms with Gasteiger partial charge in [-0.2, -0.15) is 0 Å². The maximum Gasteiger partial charge on any atom is 0.0312 e. The summed E-state index contributed by atoms with van der Waals surface area (Å²) in [6.07, 6.45) is 27.8. The van der Waals surface area contributed by atoms with Gasteiger partial charge in [0.1, 0.15) is 0 Å². The van der Waals surface area contributed by atoms with Crippen molar-refractivity contribution in [2.45, 2.75) is 103 Å². The highest BCUT2D eigenvalue weighted by molar-refractivity contribution is 5.07. The summed E-state index contributed by atoms with van der Waals surface area (Å²) >= 11 is 0. The molecule has 0 bridgehead atoms. The lowest BCUT2D eigenvalue weighted by Crippen LogP contribution is -2.14. The second-order valence-electron chi connectivity index (χ2n) is 7.48. The number of allylic oxidation sites excluding steroid dienone is 2. The first kappa shape index (κ1) is 22.9. The molecule has 0 radical (unpaired) electrons. The van der Waals surface area contributed by atoms with Gasteiger partial charge in [-0.05, 0) is 50.3 Å². The minimum Gasteiger partial charge on any atom is -0.313 e. The Morgan fingerprint density at radius 3 is 2.04 bits per heavy atom. The summed E-state index contributed by atoms with van der Waals surface area (Å²) < 4.78 is 0. The van der Waals surface area contributed by atoms with Gasteiger partial charge >= 0.3 is 0 Å². The largest absolute Gasteiger partial charge is 0.313 e. The molecular formula is C24H42N2. The van der Waals surface area contributed by atoms with Crippen LogP contribution in [0.15, 0.2) is 36.7 Å². The number of nitrogens with one attached hydrogen (secondary N) is 1. The van der Waals surface area contributed by atoms with Gasteiger partial charge < -0.3 is 5.32 Å². The predicted octanol–water partition coefficient (Wildman–Crippen LogP) is 7.21. The number of pyridine rings is 1. The molecule has 0 aliphatic rings. The van der Waals surface area contributed by atoms with E-state index in [4.69, 9.17) is 0 Å². The first-order valence-electron chi connectivity index (χ1n) is 11.2. The second kappa shape index (κ2) is 18.6. The molecule has 0 spiro atoms. The van der Waals surface area contributed by atoms with Crippen LogP contribution in [0.1, 0.15) is 102 Å². The molecule has 1 aromatic rings. The monoisotopic (exact) mass is 358 g/mol. The Morgan fingerprint density at radius 1 is 0.808 bits per heavy atom. The molecule has 148 valence electrons. The molecule has 0 atom stereocenters. The minimum absolute atomic E-state index is 0.943. The molecule has 1 N–H and O–H groups in total. The van der Waals surface area contributed by atoms with Crippen LogP contribution in [0.2, 0.25) is 0 Å². The molecule has 0 aromatic carbocycles. The Bertz CT molecular complexity index is 413. The van der Waals surface area contributed by atoms with Crippen molar-refractivity contribution in [3.05, 3.63) is 42.2 Å². The average Bonchev–Trinajstić information content (AvgIpc) is 2.68. The topological polar surface area (TPSA) is 24.9 Å². The maximum absolute atomic E-state index is 4.14. The molecule has 0 saturated carbocycles. The van der Waals surface area contributed by atoms with Gasteiger partial charge in [-0.1, -0.05) is 82.9 Å². The van der Waals surface area contributed by atoms with E-state index in [-0.39, 0.29) is 0 Å². The summed E-state index contributed by atoms with van der Waals surface area (Å²) in [5, 5.41) is 3.50. The quantitative estimate of drug-likeness (QED) is 0.221. The van der Waals surface area contributed by atoms with Crippen LogP contribution in [-0.2, 0) is 6.54 Å². The van der Waals surface area contributed by atoms with E-state index >= 15 is 0 Å². The van der Waals surface area contributed by atoms with E-state index < -0.39 is 0 Å². The fraction of sp³-hybridized carbons (Fsp3) is 0.708. The van der Waals surface area contributed by atoms with Crippen LogP contribution in [0.3, 0.4) is 0 Å². The van der Waals surface area contributed by atoms with E-state index in [2.05, 4.69) is 35.4 Å². The minimum atomic E-state index is 0.943. The summed E-state index contributed by atoms with van der Waals surface area (Å²) in [6, 6.07) is 4.13. The van der Waals surface area contributed by atoms with Gasteiger partial charge in [-0.15, -0.1) is 0 Å². The molecule has 2 nitrogen and oxygen atoms in total. The van der Waals surface area contributed by atoms with Crippen LogP contribution in [-0.4, -0.2) is 11.5 Å². The number of hydrogen-bond donors (Lipinski definition) is 1. The lowest BCUT2D eigenvalue weighted by molar-refractivity contribution is 0.566. The van der Waals surface area contributed by atoms with Crippen molar-refractivity contribution in [2.75, 3.05) is 6.54 Å². The fourth-order valence-electron chi connectivity index (χ4n) is 3.23. The third-order valence-electron chi connectivity index (χ3n) is 4.92. The van der Waals surface area contributed by atoms with E-state index in [1.165, 1.54) is 95.5 Å².